The largest absolute Gasteiger partial charge is 0.366 e. The highest BCUT2D eigenvalue weighted by Crippen LogP contribution is 2.03. The fourth-order valence-corrected chi connectivity index (χ4v) is 0.599. The van der Waals surface area contributed by atoms with Crippen molar-refractivity contribution in [3.63, 3.8) is 0 Å². The second-order valence-corrected chi connectivity index (χ2v) is 1.85. The van der Waals surface area contributed by atoms with E-state index in [1.807, 2.05) is 0 Å². The topological polar surface area (TPSA) is 43.1 Å². The summed E-state index contributed by atoms with van der Waals surface area (Å²) in [4.78, 5) is 10.5. The lowest BCUT2D eigenvalue weighted by Crippen LogP contribution is -2.13. The standard InChI is InChI=1S/C7H11NO/c1-4-6(5(2)3)7(8)9/h4H,2H2,1,3H3,(H2,8,9)/b6-4+. The summed E-state index contributed by atoms with van der Waals surface area (Å²) in [6.45, 7) is 7.09. The van der Waals surface area contributed by atoms with E-state index in [0.29, 0.717) is 11.1 Å². The van der Waals surface area contributed by atoms with Gasteiger partial charge in [-0.05, 0) is 19.4 Å². The van der Waals surface area contributed by atoms with Crippen LogP contribution in [0, 0.1) is 0 Å². The molecule has 9 heavy (non-hydrogen) atoms. The van der Waals surface area contributed by atoms with E-state index >= 15 is 0 Å². The molecule has 0 aliphatic carbocycles. The fraction of sp³-hybridized carbons (Fsp3) is 0.286. The number of nitrogens with two attached hydrogens (primary N) is 1. The van der Waals surface area contributed by atoms with Gasteiger partial charge >= 0.3 is 0 Å². The Kier molecular flexibility index (Phi) is 2.71. The molecule has 50 valence electrons. The number of primary amides is 1. The Balaban J connectivity index is 4.38. The van der Waals surface area contributed by atoms with Crippen LogP contribution >= 0.6 is 0 Å². The van der Waals surface area contributed by atoms with Gasteiger partial charge in [0, 0.05) is 5.57 Å². The average Bonchev–Trinajstić information content (AvgIpc) is 1.64. The lowest BCUT2D eigenvalue weighted by molar-refractivity contribution is -0.114. The maximum atomic E-state index is 10.5. The van der Waals surface area contributed by atoms with Gasteiger partial charge in [-0.3, -0.25) is 4.79 Å². The molecule has 0 spiro atoms. The van der Waals surface area contributed by atoms with Crippen LogP contribution in [0.4, 0.5) is 0 Å². The molecule has 2 N–H and O–H groups in total. The van der Waals surface area contributed by atoms with E-state index in [4.69, 9.17) is 5.73 Å². The summed E-state index contributed by atoms with van der Waals surface area (Å²) in [5, 5.41) is 0. The molecule has 0 heterocycles. The molecule has 0 rings (SSSR count). The van der Waals surface area contributed by atoms with Crippen LogP contribution in [0.1, 0.15) is 13.8 Å². The molecule has 0 saturated carbocycles. The van der Waals surface area contributed by atoms with Crippen LogP contribution in [-0.2, 0) is 4.79 Å². The molecule has 0 aromatic heterocycles. The number of carbonyl (C=O) groups excluding carboxylic acids is 1. The van der Waals surface area contributed by atoms with Crippen molar-refractivity contribution < 1.29 is 4.79 Å². The first kappa shape index (κ1) is 7.95. The summed E-state index contributed by atoms with van der Waals surface area (Å²) in [6, 6.07) is 0. The van der Waals surface area contributed by atoms with Crippen molar-refractivity contribution in [1.82, 2.24) is 0 Å². The van der Waals surface area contributed by atoms with E-state index in [1.54, 1.807) is 19.9 Å². The Hall–Kier alpha value is -1.05. The molecule has 0 saturated heterocycles. The molecule has 2 nitrogen and oxygen atoms in total. The Morgan fingerprint density at radius 3 is 2.11 bits per heavy atom. The van der Waals surface area contributed by atoms with E-state index in [-0.39, 0.29) is 0 Å². The first-order valence-corrected chi connectivity index (χ1v) is 2.71. The van der Waals surface area contributed by atoms with Gasteiger partial charge in [0.1, 0.15) is 0 Å². The lowest BCUT2D eigenvalue weighted by atomic mass is 10.1. The predicted octanol–water partition coefficient (Wildman–Crippen LogP) is 0.994. The second-order valence-electron chi connectivity index (χ2n) is 1.85. The zero-order chi connectivity index (χ0) is 7.44. The average molecular weight is 125 g/mol. The molecule has 0 aliphatic rings. The van der Waals surface area contributed by atoms with Crippen molar-refractivity contribution in [1.29, 1.82) is 0 Å². The van der Waals surface area contributed by atoms with E-state index in [2.05, 4.69) is 6.58 Å². The van der Waals surface area contributed by atoms with Crippen LogP contribution in [-0.4, -0.2) is 5.91 Å². The van der Waals surface area contributed by atoms with Gasteiger partial charge in [-0.1, -0.05) is 12.7 Å². The monoisotopic (exact) mass is 125 g/mol. The third-order valence-corrected chi connectivity index (χ3v) is 1.01. The number of carbonyl (C=O) groups is 1. The summed E-state index contributed by atoms with van der Waals surface area (Å²) in [6.07, 6.45) is 1.66. The highest BCUT2D eigenvalue weighted by molar-refractivity contribution is 5.95. The maximum Gasteiger partial charge on any atom is 0.248 e. The van der Waals surface area contributed by atoms with Crippen molar-refractivity contribution in [2.24, 2.45) is 5.73 Å². The molecule has 1 amide bonds. The Labute approximate surface area is 55.1 Å². The van der Waals surface area contributed by atoms with Crippen LogP contribution in [0.2, 0.25) is 0 Å². The van der Waals surface area contributed by atoms with E-state index in [1.165, 1.54) is 0 Å². The van der Waals surface area contributed by atoms with Crippen LogP contribution in [0.15, 0.2) is 23.8 Å². The molecule has 0 aromatic carbocycles. The van der Waals surface area contributed by atoms with Gasteiger partial charge in [-0.2, -0.15) is 0 Å². The van der Waals surface area contributed by atoms with Gasteiger partial charge in [-0.15, -0.1) is 0 Å². The van der Waals surface area contributed by atoms with Crippen LogP contribution in [0.25, 0.3) is 0 Å². The van der Waals surface area contributed by atoms with Crippen LogP contribution in [0.3, 0.4) is 0 Å². The van der Waals surface area contributed by atoms with Crippen molar-refractivity contribution in [2.75, 3.05) is 0 Å². The Bertz CT molecular complexity index is 152. The molecule has 0 bridgehead atoms. The number of hydrogen-bond donors (Lipinski definition) is 1. The number of amides is 1. The molecule has 2 heteroatoms. The quantitative estimate of drug-likeness (QED) is 0.434. The molecule has 0 aliphatic heterocycles. The van der Waals surface area contributed by atoms with Gasteiger partial charge in [0.15, 0.2) is 0 Å². The van der Waals surface area contributed by atoms with E-state index in [0.717, 1.165) is 0 Å². The molecular weight excluding hydrogens is 114 g/mol. The summed E-state index contributed by atoms with van der Waals surface area (Å²) < 4.78 is 0. The molecule has 0 radical (unpaired) electrons. The van der Waals surface area contributed by atoms with E-state index < -0.39 is 5.91 Å². The van der Waals surface area contributed by atoms with Gasteiger partial charge in [-0.25, -0.2) is 0 Å². The highest BCUT2D eigenvalue weighted by atomic mass is 16.1. The first-order chi connectivity index (χ1) is 4.09. The molecule has 0 fully saturated rings. The Morgan fingerprint density at radius 2 is 2.11 bits per heavy atom. The summed E-state index contributed by atoms with van der Waals surface area (Å²) in [5.41, 5.74) is 6.20. The SMILES string of the molecule is C=C(C)/C(=C\C)C(N)=O. The van der Waals surface area contributed by atoms with Crippen molar-refractivity contribution >= 4 is 5.91 Å². The molecule has 0 unspecified atom stereocenters. The second kappa shape index (κ2) is 3.07. The first-order valence-electron chi connectivity index (χ1n) is 2.71. The summed E-state index contributed by atoms with van der Waals surface area (Å²) in [7, 11) is 0. The maximum absolute atomic E-state index is 10.5. The van der Waals surface area contributed by atoms with Crippen molar-refractivity contribution in [2.45, 2.75) is 13.8 Å². The minimum Gasteiger partial charge on any atom is -0.366 e. The number of allylic oxidation sites excluding steroid dienone is 1. The minimum absolute atomic E-state index is 0.412. The lowest BCUT2D eigenvalue weighted by Gasteiger charge is -1.97. The minimum atomic E-state index is -0.412. The molecular formula is C7H11NO. The molecule has 0 aromatic rings. The Morgan fingerprint density at radius 1 is 1.67 bits per heavy atom. The fourth-order valence-electron chi connectivity index (χ4n) is 0.599. The normalized spacial score (nSPS) is 11.1. The van der Waals surface area contributed by atoms with Crippen LogP contribution < -0.4 is 5.73 Å². The zero-order valence-electron chi connectivity index (χ0n) is 5.77. The van der Waals surface area contributed by atoms with Crippen LogP contribution in [0.5, 0.6) is 0 Å². The summed E-state index contributed by atoms with van der Waals surface area (Å²) in [5.74, 6) is -0.412. The van der Waals surface area contributed by atoms with Crippen molar-refractivity contribution in [3.05, 3.63) is 23.8 Å². The third kappa shape index (κ3) is 2.13. The predicted molar refractivity (Wildman–Crippen MR) is 37.8 cm³/mol. The smallest absolute Gasteiger partial charge is 0.248 e. The van der Waals surface area contributed by atoms with Gasteiger partial charge in [0.25, 0.3) is 0 Å². The molecule has 0 atom stereocenters. The van der Waals surface area contributed by atoms with Gasteiger partial charge in [0.2, 0.25) is 5.91 Å². The van der Waals surface area contributed by atoms with E-state index in [9.17, 15) is 4.79 Å². The third-order valence-electron chi connectivity index (χ3n) is 1.01. The van der Waals surface area contributed by atoms with Gasteiger partial charge < -0.3 is 5.73 Å². The van der Waals surface area contributed by atoms with Crippen molar-refractivity contribution in [3.8, 4) is 0 Å². The summed E-state index contributed by atoms with van der Waals surface area (Å²) >= 11 is 0. The van der Waals surface area contributed by atoms with Gasteiger partial charge in [0.05, 0.1) is 0 Å². The zero-order valence-corrected chi connectivity index (χ0v) is 5.77. The number of hydrogen-bond acceptors (Lipinski definition) is 1. The highest BCUT2D eigenvalue weighted by Gasteiger charge is 2.01. The number of rotatable bonds is 2.